The molecule has 0 aliphatic carbocycles. The van der Waals surface area contributed by atoms with Crippen LogP contribution in [0.3, 0.4) is 0 Å². The Kier molecular flexibility index (Phi) is 5.94. The third kappa shape index (κ3) is 4.59. The van der Waals surface area contributed by atoms with E-state index in [1.807, 2.05) is 24.3 Å². The minimum absolute atomic E-state index is 0. The molecule has 5 heteroatoms. The maximum absolute atomic E-state index is 4.85. The van der Waals surface area contributed by atoms with Gasteiger partial charge >= 0.3 is 0 Å². The topological polar surface area (TPSA) is 57.4 Å². The van der Waals surface area contributed by atoms with Gasteiger partial charge in [0, 0.05) is 48.7 Å². The predicted octanol–water partition coefficient (Wildman–Crippen LogP) is 7.62. The Morgan fingerprint density at radius 1 is 0.600 bits per heavy atom. The number of fused-ring (bicyclic) bond motifs is 8. The van der Waals surface area contributed by atoms with Crippen LogP contribution in [0.15, 0.2) is 66.7 Å². The summed E-state index contributed by atoms with van der Waals surface area (Å²) < 4.78 is 0. The van der Waals surface area contributed by atoms with E-state index >= 15 is 0 Å². The van der Waals surface area contributed by atoms with Crippen LogP contribution in [0, 0.1) is 0 Å². The van der Waals surface area contributed by atoms with Gasteiger partial charge in [-0.15, -0.1) is 0 Å². The summed E-state index contributed by atoms with van der Waals surface area (Å²) in [6.45, 7) is 6.81. The van der Waals surface area contributed by atoms with Gasteiger partial charge in [-0.25, -0.2) is 9.97 Å². The molecule has 4 nitrogen and oxygen atoms in total. The molecular formula is C30H26N4Pt. The zero-order valence-electron chi connectivity index (χ0n) is 19.9. The van der Waals surface area contributed by atoms with Crippen LogP contribution in [-0.4, -0.2) is 19.9 Å². The van der Waals surface area contributed by atoms with Crippen molar-refractivity contribution >= 4 is 46.4 Å². The molecule has 0 unspecified atom stereocenters. The second kappa shape index (κ2) is 8.94. The van der Waals surface area contributed by atoms with Crippen LogP contribution in [-0.2, 0) is 26.5 Å². The summed E-state index contributed by atoms with van der Waals surface area (Å²) >= 11 is 0. The number of aromatic nitrogens is 4. The Labute approximate surface area is 219 Å². The third-order valence-corrected chi connectivity index (χ3v) is 6.16. The molecule has 0 atom stereocenters. The Hall–Kier alpha value is -3.49. The molecule has 0 saturated carbocycles. The number of nitrogens with one attached hydrogen (secondary N) is 2. The van der Waals surface area contributed by atoms with E-state index in [1.165, 1.54) is 16.7 Å². The van der Waals surface area contributed by atoms with Crippen molar-refractivity contribution in [1.82, 2.24) is 19.9 Å². The fraction of sp³-hybridized carbons (Fsp3) is 0.133. The average Bonchev–Trinajstić information content (AvgIpc) is 3.58. The maximum Gasteiger partial charge on any atom is 0.0659 e. The van der Waals surface area contributed by atoms with Crippen molar-refractivity contribution in [1.29, 1.82) is 0 Å². The van der Waals surface area contributed by atoms with Crippen LogP contribution in [0.25, 0.3) is 57.5 Å². The fourth-order valence-electron chi connectivity index (χ4n) is 4.76. The molecule has 2 aliphatic heterocycles. The normalized spacial score (nSPS) is 12.5. The van der Waals surface area contributed by atoms with E-state index < -0.39 is 0 Å². The maximum atomic E-state index is 4.85. The summed E-state index contributed by atoms with van der Waals surface area (Å²) in [5, 5.41) is 0. The molecule has 2 aliphatic rings. The second-order valence-electron chi connectivity index (χ2n) is 9.85. The Balaban J connectivity index is 0.00000253. The van der Waals surface area contributed by atoms with Gasteiger partial charge in [-0.3, -0.25) is 0 Å². The van der Waals surface area contributed by atoms with Gasteiger partial charge < -0.3 is 9.97 Å². The van der Waals surface area contributed by atoms with Gasteiger partial charge in [0.1, 0.15) is 0 Å². The summed E-state index contributed by atoms with van der Waals surface area (Å²) in [7, 11) is 0. The molecule has 0 spiro atoms. The van der Waals surface area contributed by atoms with Crippen LogP contribution in [0.2, 0.25) is 0 Å². The molecule has 35 heavy (non-hydrogen) atoms. The minimum Gasteiger partial charge on any atom is -0.355 e. The molecule has 4 aromatic rings. The Bertz CT molecular complexity index is 1630. The summed E-state index contributed by atoms with van der Waals surface area (Å²) in [4.78, 5) is 16.8. The number of aromatic amines is 2. The van der Waals surface area contributed by atoms with Gasteiger partial charge in [-0.05, 0) is 77.2 Å². The molecule has 0 amide bonds. The van der Waals surface area contributed by atoms with Crippen molar-refractivity contribution in [3.63, 3.8) is 0 Å². The zero-order valence-corrected chi connectivity index (χ0v) is 22.1. The first-order chi connectivity index (χ1) is 16.4. The van der Waals surface area contributed by atoms with E-state index in [4.69, 9.17) is 9.97 Å². The van der Waals surface area contributed by atoms with Crippen molar-refractivity contribution in [3.8, 4) is 11.1 Å². The molecule has 176 valence electrons. The van der Waals surface area contributed by atoms with Crippen molar-refractivity contribution in [3.05, 3.63) is 95.1 Å². The molecule has 1 aromatic carbocycles. The molecule has 6 rings (SSSR count). The number of benzene rings is 1. The first-order valence-electron chi connectivity index (χ1n) is 11.6. The Morgan fingerprint density at radius 2 is 1.17 bits per heavy atom. The molecule has 2 N–H and O–H groups in total. The first-order valence-corrected chi connectivity index (χ1v) is 11.6. The summed E-state index contributed by atoms with van der Waals surface area (Å²) in [6.07, 6.45) is 8.16. The van der Waals surface area contributed by atoms with E-state index in [0.717, 1.165) is 44.8 Å². The summed E-state index contributed by atoms with van der Waals surface area (Å²) in [6, 6.07) is 23.3. The van der Waals surface area contributed by atoms with Gasteiger partial charge in [-0.1, -0.05) is 51.1 Å². The predicted molar refractivity (Wildman–Crippen MR) is 143 cm³/mol. The van der Waals surface area contributed by atoms with Gasteiger partial charge in [0.2, 0.25) is 0 Å². The first kappa shape index (κ1) is 23.3. The average molecular weight is 638 g/mol. The van der Waals surface area contributed by atoms with Crippen molar-refractivity contribution in [2.45, 2.75) is 26.2 Å². The van der Waals surface area contributed by atoms with Gasteiger partial charge in [0.05, 0.1) is 22.8 Å². The number of hydrogen-bond donors (Lipinski definition) is 2. The molecule has 0 saturated heterocycles. The molecule has 3 aromatic heterocycles. The van der Waals surface area contributed by atoms with Crippen LogP contribution >= 0.6 is 0 Å². The summed E-state index contributed by atoms with van der Waals surface area (Å²) in [5.41, 5.74) is 11.5. The number of H-pyrrole nitrogens is 2. The van der Waals surface area contributed by atoms with Crippen molar-refractivity contribution in [2.75, 3.05) is 0 Å². The van der Waals surface area contributed by atoms with Gasteiger partial charge in [0.15, 0.2) is 0 Å². The van der Waals surface area contributed by atoms with Crippen LogP contribution in [0.4, 0.5) is 0 Å². The Morgan fingerprint density at radius 3 is 1.80 bits per heavy atom. The summed E-state index contributed by atoms with van der Waals surface area (Å²) in [5.74, 6) is 0. The van der Waals surface area contributed by atoms with E-state index in [9.17, 15) is 0 Å². The smallest absolute Gasteiger partial charge is 0.0659 e. The van der Waals surface area contributed by atoms with E-state index in [2.05, 4.69) is 97.5 Å². The SMILES string of the molecule is CC(C)(C)c1c(-c2ccccc2)c2cc3nc(cc4nc(cc5ccc(cc1[nH]2)[nH]5)C=C4)C=C3.[Pt]. The van der Waals surface area contributed by atoms with Gasteiger partial charge in [0.25, 0.3) is 0 Å². The molecule has 5 heterocycles. The molecule has 8 bridgehead atoms. The number of rotatable bonds is 1. The van der Waals surface area contributed by atoms with Crippen LogP contribution < -0.4 is 0 Å². The minimum atomic E-state index is -0.0717. The van der Waals surface area contributed by atoms with Gasteiger partial charge in [-0.2, -0.15) is 0 Å². The zero-order chi connectivity index (χ0) is 23.3. The largest absolute Gasteiger partial charge is 0.355 e. The van der Waals surface area contributed by atoms with E-state index in [0.29, 0.717) is 0 Å². The fourth-order valence-corrected chi connectivity index (χ4v) is 4.76. The molecule has 0 fully saturated rings. The third-order valence-electron chi connectivity index (χ3n) is 6.16. The van der Waals surface area contributed by atoms with Crippen LogP contribution in [0.5, 0.6) is 0 Å². The monoisotopic (exact) mass is 637 g/mol. The quantitative estimate of drug-likeness (QED) is 0.195. The second-order valence-corrected chi connectivity index (χ2v) is 9.85. The van der Waals surface area contributed by atoms with Crippen molar-refractivity contribution in [2.24, 2.45) is 0 Å². The number of hydrogen-bond acceptors (Lipinski definition) is 2. The standard InChI is InChI=1S/C30H26N4.Pt/c1-30(2,3)29-27-18-25-14-12-23(33-25)16-21-10-9-20(31-21)15-22-11-13-24(32-22)17-26(34-27)28(29)19-7-5-4-6-8-19;/h4-18,33-34H,1-3H3;. The molecule has 0 radical (unpaired) electrons. The van der Waals surface area contributed by atoms with E-state index in [-0.39, 0.29) is 26.5 Å². The number of nitrogens with zero attached hydrogens (tertiary/aromatic N) is 2. The van der Waals surface area contributed by atoms with Crippen molar-refractivity contribution < 1.29 is 21.1 Å². The van der Waals surface area contributed by atoms with E-state index in [1.54, 1.807) is 0 Å². The molecular weight excluding hydrogens is 611 g/mol. The van der Waals surface area contributed by atoms with Crippen LogP contribution in [0.1, 0.15) is 49.1 Å².